The Labute approximate surface area is 196 Å². The molecular weight excluding hydrogens is 442 g/mol. The summed E-state index contributed by atoms with van der Waals surface area (Å²) >= 11 is 12.0. The van der Waals surface area contributed by atoms with Gasteiger partial charge in [-0.1, -0.05) is 29.8 Å². The van der Waals surface area contributed by atoms with E-state index in [1.165, 1.54) is 0 Å². The fourth-order valence-electron chi connectivity index (χ4n) is 3.95. The third-order valence-electron chi connectivity index (χ3n) is 5.60. The highest BCUT2D eigenvalue weighted by molar-refractivity contribution is 7.80. The van der Waals surface area contributed by atoms with Gasteiger partial charge in [-0.3, -0.25) is 4.98 Å². The van der Waals surface area contributed by atoms with E-state index < -0.39 is 0 Å². The van der Waals surface area contributed by atoms with Gasteiger partial charge < -0.3 is 19.7 Å². The van der Waals surface area contributed by atoms with Crippen molar-refractivity contribution in [2.45, 2.75) is 19.0 Å². The molecular formula is C25H20ClN3O2S. The Kier molecular flexibility index (Phi) is 5.33. The molecule has 2 aromatic carbocycles. The molecule has 1 saturated heterocycles. The number of rotatable bonds is 4. The molecule has 5 nitrogen and oxygen atoms in total. The molecule has 160 valence electrons. The maximum absolute atomic E-state index is 9.74. The smallest absolute Gasteiger partial charge is 0.174 e. The molecule has 3 heterocycles. The van der Waals surface area contributed by atoms with Gasteiger partial charge in [0.05, 0.1) is 11.7 Å². The SMILES string of the molecule is Cc1ccc(-c2ccc([C@@H]3[C@H](c4ccccn4)NC(=S)N3c3ccc(O)cc3)o2)cc1Cl. The van der Waals surface area contributed by atoms with E-state index in [1.807, 2.05) is 72.5 Å². The Balaban J connectivity index is 1.59. The van der Waals surface area contributed by atoms with Crippen LogP contribution in [-0.2, 0) is 0 Å². The first-order chi connectivity index (χ1) is 15.5. The van der Waals surface area contributed by atoms with Crippen molar-refractivity contribution in [1.82, 2.24) is 10.3 Å². The van der Waals surface area contributed by atoms with Gasteiger partial charge in [0.25, 0.3) is 0 Å². The zero-order valence-corrected chi connectivity index (χ0v) is 18.8. The Hall–Kier alpha value is -3.35. The van der Waals surface area contributed by atoms with E-state index in [2.05, 4.69) is 10.3 Å². The predicted molar refractivity (Wildman–Crippen MR) is 130 cm³/mol. The largest absolute Gasteiger partial charge is 0.508 e. The lowest BCUT2D eigenvalue weighted by molar-refractivity contribution is 0.439. The summed E-state index contributed by atoms with van der Waals surface area (Å²) in [7, 11) is 0. The zero-order chi connectivity index (χ0) is 22.2. The molecule has 1 aliphatic rings. The van der Waals surface area contributed by atoms with Gasteiger partial charge in [-0.05, 0) is 79.3 Å². The molecule has 7 heteroatoms. The molecule has 32 heavy (non-hydrogen) atoms. The second-order valence-corrected chi connectivity index (χ2v) is 8.47. The van der Waals surface area contributed by atoms with Crippen molar-refractivity contribution in [2.24, 2.45) is 0 Å². The van der Waals surface area contributed by atoms with E-state index >= 15 is 0 Å². The summed E-state index contributed by atoms with van der Waals surface area (Å²) in [5.41, 5.74) is 3.63. The van der Waals surface area contributed by atoms with Crippen LogP contribution >= 0.6 is 23.8 Å². The number of aryl methyl sites for hydroxylation is 1. The Morgan fingerprint density at radius 2 is 1.88 bits per heavy atom. The van der Waals surface area contributed by atoms with Crippen LogP contribution in [0.1, 0.15) is 29.1 Å². The number of anilines is 1. The van der Waals surface area contributed by atoms with Gasteiger partial charge >= 0.3 is 0 Å². The number of hydrogen-bond donors (Lipinski definition) is 2. The number of pyridine rings is 1. The third kappa shape index (κ3) is 3.72. The van der Waals surface area contributed by atoms with Crippen LogP contribution in [0.15, 0.2) is 83.4 Å². The standard InChI is InChI=1S/C25H20ClN3O2S/c1-15-5-6-16(14-19(15)26)21-11-12-22(31-21)24-23(20-4-2-3-13-27-20)28-25(32)29(24)17-7-9-18(30)10-8-17/h2-14,23-24,30H,1H3,(H,28,32)/t23-,24+/m0/s1. The number of aromatic hydroxyl groups is 1. The van der Waals surface area contributed by atoms with E-state index in [1.54, 1.807) is 18.3 Å². The molecule has 5 rings (SSSR count). The number of halogens is 1. The number of benzene rings is 2. The van der Waals surface area contributed by atoms with Gasteiger partial charge in [0.2, 0.25) is 0 Å². The van der Waals surface area contributed by atoms with Gasteiger partial charge in [-0.2, -0.15) is 0 Å². The molecule has 1 aliphatic heterocycles. The first-order valence-electron chi connectivity index (χ1n) is 10.2. The van der Waals surface area contributed by atoms with Crippen LogP contribution in [0.25, 0.3) is 11.3 Å². The van der Waals surface area contributed by atoms with E-state index in [9.17, 15) is 5.11 Å². The number of furan rings is 1. The van der Waals surface area contributed by atoms with Crippen molar-refractivity contribution in [1.29, 1.82) is 0 Å². The van der Waals surface area contributed by atoms with Gasteiger partial charge in [0, 0.05) is 22.5 Å². The van der Waals surface area contributed by atoms with E-state index in [0.717, 1.165) is 34.0 Å². The normalized spacial score (nSPS) is 18.1. The minimum Gasteiger partial charge on any atom is -0.508 e. The summed E-state index contributed by atoms with van der Waals surface area (Å²) in [6, 6.07) is 22.1. The van der Waals surface area contributed by atoms with Crippen LogP contribution in [0.4, 0.5) is 5.69 Å². The molecule has 2 aromatic heterocycles. The van der Waals surface area contributed by atoms with E-state index in [0.29, 0.717) is 10.1 Å². The summed E-state index contributed by atoms with van der Waals surface area (Å²) in [5, 5.41) is 14.4. The van der Waals surface area contributed by atoms with Crippen LogP contribution in [0, 0.1) is 6.92 Å². The van der Waals surface area contributed by atoms with Crippen LogP contribution < -0.4 is 10.2 Å². The van der Waals surface area contributed by atoms with E-state index in [-0.39, 0.29) is 17.8 Å². The van der Waals surface area contributed by atoms with Crippen LogP contribution in [0.5, 0.6) is 5.75 Å². The number of hydrogen-bond acceptors (Lipinski definition) is 4. The molecule has 4 aromatic rings. The number of phenols is 1. The van der Waals surface area contributed by atoms with Crippen molar-refractivity contribution in [3.8, 4) is 17.1 Å². The minimum atomic E-state index is -0.267. The summed E-state index contributed by atoms with van der Waals surface area (Å²) in [6.07, 6.45) is 1.77. The van der Waals surface area contributed by atoms with Crippen LogP contribution in [-0.4, -0.2) is 15.2 Å². The van der Waals surface area contributed by atoms with Gasteiger partial charge in [0.15, 0.2) is 5.11 Å². The second kappa shape index (κ2) is 8.30. The summed E-state index contributed by atoms with van der Waals surface area (Å²) < 4.78 is 6.35. The Bertz CT molecular complexity index is 1270. The monoisotopic (exact) mass is 461 g/mol. The quantitative estimate of drug-likeness (QED) is 0.353. The lowest BCUT2D eigenvalue weighted by Gasteiger charge is -2.26. The van der Waals surface area contributed by atoms with Gasteiger partial charge in [-0.25, -0.2) is 0 Å². The zero-order valence-electron chi connectivity index (χ0n) is 17.2. The lowest BCUT2D eigenvalue weighted by Crippen LogP contribution is -2.29. The Morgan fingerprint density at radius 1 is 1.06 bits per heavy atom. The first kappa shape index (κ1) is 20.5. The van der Waals surface area contributed by atoms with Crippen molar-refractivity contribution in [2.75, 3.05) is 4.90 Å². The molecule has 0 spiro atoms. The predicted octanol–water partition coefficient (Wildman–Crippen LogP) is 6.19. The molecule has 1 fully saturated rings. The number of aromatic nitrogens is 1. The first-order valence-corrected chi connectivity index (χ1v) is 11.0. The van der Waals surface area contributed by atoms with Crippen LogP contribution in [0.2, 0.25) is 5.02 Å². The number of nitrogens with one attached hydrogen (secondary N) is 1. The van der Waals surface area contributed by atoms with Crippen LogP contribution in [0.3, 0.4) is 0 Å². The molecule has 0 radical (unpaired) electrons. The molecule has 2 N–H and O–H groups in total. The fraction of sp³-hybridized carbons (Fsp3) is 0.120. The summed E-state index contributed by atoms with van der Waals surface area (Å²) in [5.74, 6) is 1.67. The van der Waals surface area contributed by atoms with Crippen molar-refractivity contribution in [3.05, 3.63) is 101 Å². The molecule has 2 atom stereocenters. The second-order valence-electron chi connectivity index (χ2n) is 7.68. The number of thiocarbonyl (C=S) groups is 1. The minimum absolute atomic E-state index is 0.196. The summed E-state index contributed by atoms with van der Waals surface area (Å²) in [4.78, 5) is 6.55. The average molecular weight is 462 g/mol. The maximum Gasteiger partial charge on any atom is 0.174 e. The van der Waals surface area contributed by atoms with Gasteiger partial charge in [0.1, 0.15) is 23.3 Å². The average Bonchev–Trinajstić information content (AvgIpc) is 3.41. The van der Waals surface area contributed by atoms with Crippen molar-refractivity contribution >= 4 is 34.6 Å². The molecule has 0 unspecified atom stereocenters. The molecule has 0 aliphatic carbocycles. The van der Waals surface area contributed by atoms with Crippen molar-refractivity contribution < 1.29 is 9.52 Å². The number of phenolic OH excluding ortho intramolecular Hbond substituents is 1. The number of nitrogens with zero attached hydrogens (tertiary/aromatic N) is 2. The lowest BCUT2D eigenvalue weighted by atomic mass is 10.0. The highest BCUT2D eigenvalue weighted by Crippen LogP contribution is 2.43. The highest BCUT2D eigenvalue weighted by atomic mass is 35.5. The molecule has 0 amide bonds. The maximum atomic E-state index is 9.74. The molecule has 0 bridgehead atoms. The topological polar surface area (TPSA) is 61.5 Å². The third-order valence-corrected chi connectivity index (χ3v) is 6.32. The highest BCUT2D eigenvalue weighted by Gasteiger charge is 2.42. The van der Waals surface area contributed by atoms with Gasteiger partial charge in [-0.15, -0.1) is 0 Å². The summed E-state index contributed by atoms with van der Waals surface area (Å²) in [6.45, 7) is 1.97. The fourth-order valence-corrected chi connectivity index (χ4v) is 4.47. The molecule has 0 saturated carbocycles. The Morgan fingerprint density at radius 3 is 2.59 bits per heavy atom. The van der Waals surface area contributed by atoms with Crippen molar-refractivity contribution in [3.63, 3.8) is 0 Å². The van der Waals surface area contributed by atoms with E-state index in [4.69, 9.17) is 28.2 Å².